The average Bonchev–Trinajstić information content (AvgIpc) is 2.52. The zero-order valence-electron chi connectivity index (χ0n) is 12.6. The summed E-state index contributed by atoms with van der Waals surface area (Å²) in [6.45, 7) is 2.05. The van der Waals surface area contributed by atoms with Crippen molar-refractivity contribution in [2.75, 3.05) is 6.61 Å². The zero-order chi connectivity index (χ0) is 17.4. The summed E-state index contributed by atoms with van der Waals surface area (Å²) in [5.74, 6) is -1.59. The second kappa shape index (κ2) is 5.69. The molecule has 0 radical (unpaired) electrons. The molecule has 124 valence electrons. The normalized spacial score (nSPS) is 10.9. The van der Waals surface area contributed by atoms with Gasteiger partial charge in [-0.3, -0.25) is 4.79 Å². The molecular weight excluding hydrogens is 316 g/mol. The van der Waals surface area contributed by atoms with Gasteiger partial charge in [0.1, 0.15) is 22.5 Å². The van der Waals surface area contributed by atoms with Crippen molar-refractivity contribution in [3.63, 3.8) is 0 Å². The number of hydrogen-bond donors (Lipinski definition) is 4. The molecule has 3 aromatic rings. The van der Waals surface area contributed by atoms with Gasteiger partial charge in [0.15, 0.2) is 17.3 Å². The summed E-state index contributed by atoms with van der Waals surface area (Å²) in [6, 6.07) is 6.31. The fourth-order valence-corrected chi connectivity index (χ4v) is 2.40. The van der Waals surface area contributed by atoms with Crippen LogP contribution in [-0.4, -0.2) is 27.0 Å². The molecule has 1 heterocycles. The van der Waals surface area contributed by atoms with Crippen molar-refractivity contribution in [2.45, 2.75) is 6.92 Å². The molecule has 0 saturated carbocycles. The molecule has 1 aromatic heterocycles. The molecule has 4 N–H and O–H groups in total. The van der Waals surface area contributed by atoms with Crippen molar-refractivity contribution in [2.24, 2.45) is 0 Å². The lowest BCUT2D eigenvalue weighted by Crippen LogP contribution is -2.03. The van der Waals surface area contributed by atoms with Crippen LogP contribution in [0.2, 0.25) is 0 Å². The lowest BCUT2D eigenvalue weighted by molar-refractivity contribution is 0.318. The predicted octanol–water partition coefficient (Wildman–Crippen LogP) is 2.68. The van der Waals surface area contributed by atoms with Crippen molar-refractivity contribution < 1.29 is 29.6 Å². The molecule has 0 aliphatic rings. The van der Waals surface area contributed by atoms with Crippen LogP contribution in [0.3, 0.4) is 0 Å². The number of benzene rings is 2. The van der Waals surface area contributed by atoms with Gasteiger partial charge in [-0.1, -0.05) is 0 Å². The Kier molecular flexibility index (Phi) is 3.69. The van der Waals surface area contributed by atoms with Crippen LogP contribution >= 0.6 is 0 Å². The summed E-state index contributed by atoms with van der Waals surface area (Å²) >= 11 is 0. The molecule has 7 heteroatoms. The quantitative estimate of drug-likeness (QED) is 0.582. The Morgan fingerprint density at radius 2 is 1.79 bits per heavy atom. The van der Waals surface area contributed by atoms with Crippen LogP contribution < -0.4 is 10.2 Å². The largest absolute Gasteiger partial charge is 0.508 e. The predicted molar refractivity (Wildman–Crippen MR) is 85.7 cm³/mol. The third-order valence-corrected chi connectivity index (χ3v) is 3.46. The third-order valence-electron chi connectivity index (χ3n) is 3.46. The first kappa shape index (κ1) is 15.5. The van der Waals surface area contributed by atoms with Gasteiger partial charge in [0.25, 0.3) is 0 Å². The van der Waals surface area contributed by atoms with Crippen LogP contribution in [0.5, 0.6) is 28.7 Å². The van der Waals surface area contributed by atoms with E-state index in [9.17, 15) is 25.2 Å². The van der Waals surface area contributed by atoms with E-state index in [0.717, 1.165) is 12.1 Å². The molecule has 0 fully saturated rings. The minimum absolute atomic E-state index is 0.0867. The minimum Gasteiger partial charge on any atom is -0.508 e. The second-order valence-electron chi connectivity index (χ2n) is 5.06. The monoisotopic (exact) mass is 330 g/mol. The standard InChI is InChI=1S/C17H14O7/c1-2-23-12-5-8(3-4-10(12)19)17-16(22)15(21)14-11(20)6-9(18)7-13(14)24-17/h3-7,18-20,22H,2H2,1H3. The van der Waals surface area contributed by atoms with Crippen molar-refractivity contribution in [3.05, 3.63) is 40.6 Å². The van der Waals surface area contributed by atoms with Gasteiger partial charge in [0.2, 0.25) is 11.2 Å². The van der Waals surface area contributed by atoms with Gasteiger partial charge >= 0.3 is 0 Å². The summed E-state index contributed by atoms with van der Waals surface area (Å²) in [4.78, 5) is 12.3. The average molecular weight is 330 g/mol. The first-order chi connectivity index (χ1) is 11.4. The number of phenols is 3. The van der Waals surface area contributed by atoms with E-state index in [1.54, 1.807) is 6.92 Å². The summed E-state index contributed by atoms with van der Waals surface area (Å²) in [5.41, 5.74) is -0.637. The molecule has 0 amide bonds. The van der Waals surface area contributed by atoms with E-state index in [4.69, 9.17) is 9.15 Å². The van der Waals surface area contributed by atoms with E-state index in [0.29, 0.717) is 6.61 Å². The Balaban J connectivity index is 2.29. The fraction of sp³-hybridized carbons (Fsp3) is 0.118. The van der Waals surface area contributed by atoms with Gasteiger partial charge in [0.05, 0.1) is 6.61 Å². The Morgan fingerprint density at radius 1 is 1.04 bits per heavy atom. The van der Waals surface area contributed by atoms with Gasteiger partial charge in [0, 0.05) is 17.7 Å². The molecule has 0 spiro atoms. The van der Waals surface area contributed by atoms with E-state index in [1.807, 2.05) is 0 Å². The summed E-state index contributed by atoms with van der Waals surface area (Å²) in [5, 5.41) is 39.0. The number of rotatable bonds is 3. The Morgan fingerprint density at radius 3 is 2.50 bits per heavy atom. The maximum atomic E-state index is 12.3. The van der Waals surface area contributed by atoms with Crippen molar-refractivity contribution in [1.29, 1.82) is 0 Å². The van der Waals surface area contributed by atoms with Crippen LogP contribution in [0.4, 0.5) is 0 Å². The maximum absolute atomic E-state index is 12.3. The fourth-order valence-electron chi connectivity index (χ4n) is 2.40. The highest BCUT2D eigenvalue weighted by Crippen LogP contribution is 2.38. The van der Waals surface area contributed by atoms with Crippen LogP contribution in [0.1, 0.15) is 6.92 Å². The maximum Gasteiger partial charge on any atom is 0.238 e. The van der Waals surface area contributed by atoms with Crippen LogP contribution in [0.25, 0.3) is 22.3 Å². The molecule has 0 aliphatic carbocycles. The van der Waals surface area contributed by atoms with E-state index < -0.39 is 16.9 Å². The molecule has 0 atom stereocenters. The topological polar surface area (TPSA) is 120 Å². The van der Waals surface area contributed by atoms with Gasteiger partial charge in [-0.15, -0.1) is 0 Å². The molecular formula is C17H14O7. The molecule has 0 saturated heterocycles. The zero-order valence-corrected chi connectivity index (χ0v) is 12.6. The molecule has 2 aromatic carbocycles. The highest BCUT2D eigenvalue weighted by Gasteiger charge is 2.19. The highest BCUT2D eigenvalue weighted by atomic mass is 16.5. The summed E-state index contributed by atoms with van der Waals surface area (Å²) < 4.78 is 10.8. The number of hydrogen-bond acceptors (Lipinski definition) is 7. The van der Waals surface area contributed by atoms with Crippen molar-refractivity contribution >= 4 is 11.0 Å². The molecule has 0 bridgehead atoms. The lowest BCUT2D eigenvalue weighted by Gasteiger charge is -2.10. The van der Waals surface area contributed by atoms with Crippen LogP contribution in [0.15, 0.2) is 39.5 Å². The summed E-state index contributed by atoms with van der Waals surface area (Å²) in [7, 11) is 0. The van der Waals surface area contributed by atoms with Crippen molar-refractivity contribution in [3.8, 4) is 40.1 Å². The molecule has 7 nitrogen and oxygen atoms in total. The third kappa shape index (κ3) is 2.45. The van der Waals surface area contributed by atoms with Crippen LogP contribution in [-0.2, 0) is 0 Å². The number of aromatic hydroxyl groups is 4. The van der Waals surface area contributed by atoms with E-state index >= 15 is 0 Å². The first-order valence-electron chi connectivity index (χ1n) is 7.10. The highest BCUT2D eigenvalue weighted by molar-refractivity contribution is 5.88. The molecule has 0 aliphatic heterocycles. The number of fused-ring (bicyclic) bond motifs is 1. The Labute approximate surface area is 135 Å². The molecule has 0 unspecified atom stereocenters. The molecule has 3 rings (SSSR count). The van der Waals surface area contributed by atoms with Gasteiger partial charge in [-0.25, -0.2) is 0 Å². The minimum atomic E-state index is -0.838. The first-order valence-corrected chi connectivity index (χ1v) is 7.10. The molecule has 24 heavy (non-hydrogen) atoms. The van der Waals surface area contributed by atoms with Crippen LogP contribution in [0, 0.1) is 0 Å². The van der Waals surface area contributed by atoms with E-state index in [-0.39, 0.29) is 39.5 Å². The summed E-state index contributed by atoms with van der Waals surface area (Å²) in [6.07, 6.45) is 0. The van der Waals surface area contributed by atoms with E-state index in [2.05, 4.69) is 0 Å². The smallest absolute Gasteiger partial charge is 0.238 e. The Hall–Kier alpha value is -3.35. The second-order valence-corrected chi connectivity index (χ2v) is 5.06. The lowest BCUT2D eigenvalue weighted by atomic mass is 10.1. The number of ether oxygens (including phenoxy) is 1. The SMILES string of the molecule is CCOc1cc(-c2oc3cc(O)cc(O)c3c(=O)c2O)ccc1O. The van der Waals surface area contributed by atoms with Gasteiger partial charge in [-0.05, 0) is 25.1 Å². The van der Waals surface area contributed by atoms with Gasteiger partial charge in [-0.2, -0.15) is 0 Å². The van der Waals surface area contributed by atoms with Gasteiger partial charge < -0.3 is 29.6 Å². The van der Waals surface area contributed by atoms with Crippen molar-refractivity contribution in [1.82, 2.24) is 0 Å². The number of phenolic OH excluding ortho intramolecular Hbond substituents is 3. The Bertz CT molecular complexity index is 988. The van der Waals surface area contributed by atoms with E-state index in [1.165, 1.54) is 18.2 Å².